The minimum Gasteiger partial charge on any atom is -0.365 e. The van der Waals surface area contributed by atoms with Crippen LogP contribution in [0, 0.1) is 5.92 Å². The standard InChI is InChI=1S/C17H24N6O2/c1-10-7-11(2)25-14(10)17(24)22-12-3-5-23(6-4-12)16-13-15(19-8-18-13)20-9-21-16/h8-12,14H,3-7H2,1-2H3,(H,22,24)(H,18,19,20,21)/t10-,11-,14-/m1/s1. The normalized spacial score (nSPS) is 27.8. The Kier molecular flexibility index (Phi) is 4.29. The predicted octanol–water partition coefficient (Wildman–Crippen LogP) is 1.25. The second kappa shape index (κ2) is 6.59. The number of amides is 1. The molecule has 8 heteroatoms. The Bertz CT molecular complexity index is 754. The molecule has 25 heavy (non-hydrogen) atoms. The Hall–Kier alpha value is -2.22. The Balaban J connectivity index is 1.36. The van der Waals surface area contributed by atoms with E-state index in [1.807, 2.05) is 6.92 Å². The molecule has 0 saturated carbocycles. The smallest absolute Gasteiger partial charge is 0.249 e. The fourth-order valence-electron chi connectivity index (χ4n) is 3.92. The zero-order chi connectivity index (χ0) is 17.4. The first-order valence-electron chi connectivity index (χ1n) is 8.96. The first kappa shape index (κ1) is 16.3. The van der Waals surface area contributed by atoms with Crippen LogP contribution in [0.5, 0.6) is 0 Å². The highest BCUT2D eigenvalue weighted by Gasteiger charge is 2.36. The first-order chi connectivity index (χ1) is 12.1. The van der Waals surface area contributed by atoms with Gasteiger partial charge in [0.05, 0.1) is 12.4 Å². The number of hydrogen-bond acceptors (Lipinski definition) is 6. The first-order valence-corrected chi connectivity index (χ1v) is 8.96. The van der Waals surface area contributed by atoms with Gasteiger partial charge in [0, 0.05) is 19.1 Å². The number of H-pyrrole nitrogens is 1. The Labute approximate surface area is 146 Å². The molecular formula is C17H24N6O2. The number of imidazole rings is 1. The summed E-state index contributed by atoms with van der Waals surface area (Å²) in [6, 6.07) is 0.189. The molecule has 2 aliphatic rings. The van der Waals surface area contributed by atoms with E-state index in [0.717, 1.165) is 43.7 Å². The van der Waals surface area contributed by atoms with Gasteiger partial charge in [0.15, 0.2) is 11.5 Å². The molecule has 0 aliphatic carbocycles. The van der Waals surface area contributed by atoms with Crippen molar-refractivity contribution in [3.8, 4) is 0 Å². The lowest BCUT2D eigenvalue weighted by Gasteiger charge is -2.33. The van der Waals surface area contributed by atoms with E-state index >= 15 is 0 Å². The molecular weight excluding hydrogens is 320 g/mol. The van der Waals surface area contributed by atoms with E-state index in [-0.39, 0.29) is 30.1 Å². The van der Waals surface area contributed by atoms with Crippen LogP contribution in [0.1, 0.15) is 33.1 Å². The van der Waals surface area contributed by atoms with Gasteiger partial charge in [-0.3, -0.25) is 4.79 Å². The van der Waals surface area contributed by atoms with Gasteiger partial charge in [-0.25, -0.2) is 15.0 Å². The van der Waals surface area contributed by atoms with Gasteiger partial charge in [-0.15, -0.1) is 0 Å². The van der Waals surface area contributed by atoms with E-state index in [9.17, 15) is 4.79 Å². The van der Waals surface area contributed by atoms with Crippen molar-refractivity contribution in [2.24, 2.45) is 5.92 Å². The van der Waals surface area contributed by atoms with E-state index in [2.05, 4.69) is 37.1 Å². The van der Waals surface area contributed by atoms with E-state index < -0.39 is 0 Å². The molecule has 8 nitrogen and oxygen atoms in total. The summed E-state index contributed by atoms with van der Waals surface area (Å²) in [5, 5.41) is 3.17. The molecule has 0 bridgehead atoms. The van der Waals surface area contributed by atoms with Gasteiger partial charge in [-0.1, -0.05) is 6.92 Å². The number of ether oxygens (including phenoxy) is 1. The maximum Gasteiger partial charge on any atom is 0.249 e. The number of nitrogens with zero attached hydrogens (tertiary/aromatic N) is 4. The van der Waals surface area contributed by atoms with Crippen LogP contribution in [0.2, 0.25) is 0 Å². The summed E-state index contributed by atoms with van der Waals surface area (Å²) in [6.45, 7) is 5.79. The van der Waals surface area contributed by atoms with Crippen molar-refractivity contribution < 1.29 is 9.53 Å². The molecule has 2 N–H and O–H groups in total. The van der Waals surface area contributed by atoms with Crippen molar-refractivity contribution in [1.82, 2.24) is 25.3 Å². The maximum atomic E-state index is 12.5. The van der Waals surface area contributed by atoms with Gasteiger partial charge in [-0.05, 0) is 32.1 Å². The summed E-state index contributed by atoms with van der Waals surface area (Å²) in [6.07, 6.45) is 5.78. The van der Waals surface area contributed by atoms with E-state index in [1.54, 1.807) is 12.7 Å². The average molecular weight is 344 g/mol. The lowest BCUT2D eigenvalue weighted by Crippen LogP contribution is -2.48. The van der Waals surface area contributed by atoms with Gasteiger partial charge in [-0.2, -0.15) is 0 Å². The molecule has 1 amide bonds. The largest absolute Gasteiger partial charge is 0.365 e. The van der Waals surface area contributed by atoms with Gasteiger partial charge < -0.3 is 19.9 Å². The molecule has 4 heterocycles. The molecule has 3 atom stereocenters. The fraction of sp³-hybridized carbons (Fsp3) is 0.647. The van der Waals surface area contributed by atoms with Crippen LogP contribution in [-0.4, -0.2) is 57.2 Å². The van der Waals surface area contributed by atoms with Crippen LogP contribution in [0.3, 0.4) is 0 Å². The van der Waals surface area contributed by atoms with Crippen molar-refractivity contribution in [1.29, 1.82) is 0 Å². The lowest BCUT2D eigenvalue weighted by molar-refractivity contribution is -0.134. The minimum atomic E-state index is -0.306. The second-order valence-corrected chi connectivity index (χ2v) is 7.15. The predicted molar refractivity (Wildman–Crippen MR) is 93.2 cm³/mol. The van der Waals surface area contributed by atoms with Crippen LogP contribution in [-0.2, 0) is 9.53 Å². The number of aromatic nitrogens is 4. The number of anilines is 1. The molecule has 0 unspecified atom stereocenters. The average Bonchev–Trinajstić information content (AvgIpc) is 3.21. The zero-order valence-corrected chi connectivity index (χ0v) is 14.6. The van der Waals surface area contributed by atoms with Crippen LogP contribution in [0.15, 0.2) is 12.7 Å². The molecule has 0 aromatic carbocycles. The SMILES string of the molecule is C[C@@H]1C[C@@H](C)[C@H](C(=O)NC2CCN(c3ncnc4nc[nH]c34)CC2)O1. The maximum absolute atomic E-state index is 12.5. The Morgan fingerprint density at radius 1 is 1.28 bits per heavy atom. The highest BCUT2D eigenvalue weighted by Crippen LogP contribution is 2.27. The molecule has 134 valence electrons. The number of fused-ring (bicyclic) bond motifs is 1. The van der Waals surface area contributed by atoms with Gasteiger partial charge in [0.1, 0.15) is 17.9 Å². The fourth-order valence-corrected chi connectivity index (χ4v) is 3.92. The summed E-state index contributed by atoms with van der Waals surface area (Å²) >= 11 is 0. The molecule has 0 radical (unpaired) electrons. The Morgan fingerprint density at radius 3 is 2.80 bits per heavy atom. The van der Waals surface area contributed by atoms with Gasteiger partial charge in [0.25, 0.3) is 0 Å². The van der Waals surface area contributed by atoms with Gasteiger partial charge >= 0.3 is 0 Å². The van der Waals surface area contributed by atoms with Crippen molar-refractivity contribution in [3.05, 3.63) is 12.7 Å². The van der Waals surface area contributed by atoms with Crippen molar-refractivity contribution in [2.45, 2.75) is 51.4 Å². The number of hydrogen-bond donors (Lipinski definition) is 2. The van der Waals surface area contributed by atoms with E-state index in [1.165, 1.54) is 0 Å². The van der Waals surface area contributed by atoms with Crippen LogP contribution in [0.4, 0.5) is 5.82 Å². The summed E-state index contributed by atoms with van der Waals surface area (Å²) in [4.78, 5) is 30.6. The van der Waals surface area contributed by atoms with Crippen molar-refractivity contribution in [2.75, 3.05) is 18.0 Å². The van der Waals surface area contributed by atoms with E-state index in [4.69, 9.17) is 4.74 Å². The number of piperidine rings is 1. The molecule has 2 aromatic rings. The molecule has 2 saturated heterocycles. The summed E-state index contributed by atoms with van der Waals surface area (Å²) in [5.74, 6) is 1.20. The Morgan fingerprint density at radius 2 is 2.08 bits per heavy atom. The highest BCUT2D eigenvalue weighted by atomic mass is 16.5. The third kappa shape index (κ3) is 3.18. The third-order valence-electron chi connectivity index (χ3n) is 5.20. The van der Waals surface area contributed by atoms with E-state index in [0.29, 0.717) is 5.65 Å². The zero-order valence-electron chi connectivity index (χ0n) is 14.6. The molecule has 2 aliphatic heterocycles. The number of carbonyl (C=O) groups is 1. The molecule has 2 fully saturated rings. The minimum absolute atomic E-state index is 0.0355. The molecule has 2 aromatic heterocycles. The number of aromatic amines is 1. The monoisotopic (exact) mass is 344 g/mol. The summed E-state index contributed by atoms with van der Waals surface area (Å²) in [5.41, 5.74) is 1.55. The highest BCUT2D eigenvalue weighted by molar-refractivity contribution is 5.83. The number of carbonyl (C=O) groups excluding carboxylic acids is 1. The topological polar surface area (TPSA) is 96.0 Å². The molecule has 0 spiro atoms. The van der Waals surface area contributed by atoms with Crippen LogP contribution in [0.25, 0.3) is 11.2 Å². The third-order valence-corrected chi connectivity index (χ3v) is 5.20. The van der Waals surface area contributed by atoms with Crippen LogP contribution < -0.4 is 10.2 Å². The summed E-state index contributed by atoms with van der Waals surface area (Å²) < 4.78 is 5.76. The lowest BCUT2D eigenvalue weighted by atomic mass is 10.00. The van der Waals surface area contributed by atoms with Crippen molar-refractivity contribution in [3.63, 3.8) is 0 Å². The summed E-state index contributed by atoms with van der Waals surface area (Å²) in [7, 11) is 0. The van der Waals surface area contributed by atoms with Crippen molar-refractivity contribution >= 4 is 22.9 Å². The van der Waals surface area contributed by atoms with Gasteiger partial charge in [0.2, 0.25) is 5.91 Å². The molecule has 4 rings (SSSR count). The number of rotatable bonds is 3. The van der Waals surface area contributed by atoms with Crippen LogP contribution >= 0.6 is 0 Å². The quantitative estimate of drug-likeness (QED) is 0.870. The number of nitrogens with one attached hydrogen (secondary N) is 2. The second-order valence-electron chi connectivity index (χ2n) is 7.15.